The monoisotopic (exact) mass is 463 g/mol. The Morgan fingerprint density at radius 2 is 1.94 bits per heavy atom. The molecule has 2 aliphatic rings. The summed E-state index contributed by atoms with van der Waals surface area (Å²) in [6.07, 6.45) is 0.492. The second-order valence-electron chi connectivity index (χ2n) is 9.06. The van der Waals surface area contributed by atoms with Gasteiger partial charge in [0.1, 0.15) is 17.1 Å². The van der Waals surface area contributed by atoms with Gasteiger partial charge in [0.2, 0.25) is 0 Å². The van der Waals surface area contributed by atoms with Crippen LogP contribution in [0.1, 0.15) is 32.9 Å². The first-order chi connectivity index (χ1) is 16.2. The molecule has 0 spiro atoms. The normalized spacial score (nSPS) is 19.9. The summed E-state index contributed by atoms with van der Waals surface area (Å²) in [5.41, 5.74) is 2.24. The van der Waals surface area contributed by atoms with Crippen LogP contribution in [0.25, 0.3) is 0 Å². The highest BCUT2D eigenvalue weighted by atomic mass is 19.1. The first kappa shape index (κ1) is 22.1. The Morgan fingerprint density at radius 3 is 2.68 bits per heavy atom. The zero-order chi connectivity index (χ0) is 24.0. The lowest BCUT2D eigenvalue weighted by Crippen LogP contribution is -2.42. The second-order valence-corrected chi connectivity index (χ2v) is 9.06. The van der Waals surface area contributed by atoms with Crippen LogP contribution >= 0.6 is 0 Å². The molecule has 34 heavy (non-hydrogen) atoms. The highest BCUT2D eigenvalue weighted by Crippen LogP contribution is 2.32. The molecule has 176 valence electrons. The van der Waals surface area contributed by atoms with Crippen LogP contribution < -0.4 is 5.32 Å². The standard InChI is InChI=1S/C25H26FN5O3/c1-16-12-18(8-9-20(16)26)27-24(33)30-11-10-21-19(13-30)22-23(32)29(2)14-25(34,15-31(22)28-21)17-6-4-3-5-7-17/h3-9,12,34H,10-11,13-15H2,1-2H3,(H,27,33). The van der Waals surface area contributed by atoms with E-state index in [1.165, 1.54) is 17.0 Å². The van der Waals surface area contributed by atoms with Crippen molar-refractivity contribution in [1.29, 1.82) is 0 Å². The molecule has 1 atom stereocenters. The molecule has 9 heteroatoms. The summed E-state index contributed by atoms with van der Waals surface area (Å²) in [5.74, 6) is -0.571. The molecule has 2 aromatic carbocycles. The maximum absolute atomic E-state index is 13.6. The molecule has 5 rings (SSSR count). The number of benzene rings is 2. The third kappa shape index (κ3) is 3.81. The maximum atomic E-state index is 13.6. The lowest BCUT2D eigenvalue weighted by Gasteiger charge is -2.30. The van der Waals surface area contributed by atoms with E-state index < -0.39 is 5.60 Å². The summed E-state index contributed by atoms with van der Waals surface area (Å²) in [5, 5.41) is 19.0. The highest BCUT2D eigenvalue weighted by Gasteiger charge is 2.41. The van der Waals surface area contributed by atoms with Gasteiger partial charge in [0.15, 0.2) is 0 Å². The van der Waals surface area contributed by atoms with Crippen LogP contribution in [0.4, 0.5) is 14.9 Å². The fourth-order valence-electron chi connectivity index (χ4n) is 4.75. The first-order valence-electron chi connectivity index (χ1n) is 11.2. The van der Waals surface area contributed by atoms with Crippen molar-refractivity contribution in [3.8, 4) is 0 Å². The van der Waals surface area contributed by atoms with Gasteiger partial charge in [-0.25, -0.2) is 9.18 Å². The van der Waals surface area contributed by atoms with E-state index in [-0.39, 0.29) is 37.4 Å². The number of rotatable bonds is 2. The summed E-state index contributed by atoms with van der Waals surface area (Å²) in [7, 11) is 1.66. The van der Waals surface area contributed by atoms with Crippen molar-refractivity contribution < 1.29 is 19.1 Å². The van der Waals surface area contributed by atoms with Crippen LogP contribution in [0, 0.1) is 12.7 Å². The van der Waals surface area contributed by atoms with Gasteiger partial charge in [0.25, 0.3) is 5.91 Å². The third-order valence-corrected chi connectivity index (χ3v) is 6.57. The number of fused-ring (bicyclic) bond motifs is 3. The van der Waals surface area contributed by atoms with E-state index >= 15 is 0 Å². The Bertz CT molecular complexity index is 1280. The molecule has 1 aromatic heterocycles. The summed E-state index contributed by atoms with van der Waals surface area (Å²) in [6, 6.07) is 13.4. The Labute approximate surface area is 196 Å². The summed E-state index contributed by atoms with van der Waals surface area (Å²) >= 11 is 0. The molecule has 0 aliphatic carbocycles. The molecular formula is C25H26FN5O3. The zero-order valence-electron chi connectivity index (χ0n) is 19.1. The van der Waals surface area contributed by atoms with Gasteiger partial charge in [-0.05, 0) is 36.2 Å². The van der Waals surface area contributed by atoms with E-state index in [1.54, 1.807) is 29.6 Å². The molecule has 0 saturated carbocycles. The lowest BCUT2D eigenvalue weighted by atomic mass is 9.93. The third-order valence-electron chi connectivity index (χ3n) is 6.57. The van der Waals surface area contributed by atoms with Gasteiger partial charge in [-0.2, -0.15) is 5.10 Å². The molecule has 8 nitrogen and oxygen atoms in total. The molecule has 0 bridgehead atoms. The van der Waals surface area contributed by atoms with E-state index in [1.807, 2.05) is 30.3 Å². The van der Waals surface area contributed by atoms with E-state index in [4.69, 9.17) is 0 Å². The minimum atomic E-state index is -1.29. The van der Waals surface area contributed by atoms with Gasteiger partial charge in [-0.15, -0.1) is 0 Å². The number of aromatic nitrogens is 2. The number of β-amino-alcohol motifs (C(OH)–C–C–N with tert-alkyl or cyclic N) is 1. The van der Waals surface area contributed by atoms with E-state index in [0.29, 0.717) is 41.0 Å². The van der Waals surface area contributed by atoms with Gasteiger partial charge < -0.3 is 20.2 Å². The second kappa shape index (κ2) is 8.25. The maximum Gasteiger partial charge on any atom is 0.322 e. The quantitative estimate of drug-likeness (QED) is 0.612. The molecule has 3 aromatic rings. The number of aryl methyl sites for hydroxylation is 1. The fourth-order valence-corrected chi connectivity index (χ4v) is 4.75. The van der Waals surface area contributed by atoms with Crippen molar-refractivity contribution in [2.45, 2.75) is 32.0 Å². The predicted molar refractivity (Wildman–Crippen MR) is 124 cm³/mol. The SMILES string of the molecule is Cc1cc(NC(=O)N2CCc3nn4c(c3C2)C(=O)N(C)CC(O)(c2ccccc2)C4)ccc1F. The van der Waals surface area contributed by atoms with Gasteiger partial charge in [-0.1, -0.05) is 30.3 Å². The smallest absolute Gasteiger partial charge is 0.322 e. The number of aliphatic hydroxyl groups is 1. The van der Waals surface area contributed by atoms with Crippen molar-refractivity contribution >= 4 is 17.6 Å². The van der Waals surface area contributed by atoms with Crippen molar-refractivity contribution in [3.05, 3.63) is 82.4 Å². The first-order valence-corrected chi connectivity index (χ1v) is 11.2. The number of hydrogen-bond acceptors (Lipinski definition) is 4. The molecular weight excluding hydrogens is 437 g/mol. The predicted octanol–water partition coefficient (Wildman–Crippen LogP) is 2.89. The van der Waals surface area contributed by atoms with E-state index in [9.17, 15) is 19.1 Å². The Morgan fingerprint density at radius 1 is 1.18 bits per heavy atom. The van der Waals surface area contributed by atoms with Crippen molar-refractivity contribution in [2.75, 3.05) is 25.5 Å². The number of likely N-dealkylation sites (N-methyl/N-ethyl adjacent to an activating group) is 1. The minimum Gasteiger partial charge on any atom is -0.381 e. The molecule has 3 heterocycles. The number of urea groups is 1. The van der Waals surface area contributed by atoms with Gasteiger partial charge in [-0.3, -0.25) is 9.48 Å². The topological polar surface area (TPSA) is 90.7 Å². The number of amides is 3. The van der Waals surface area contributed by atoms with Crippen LogP contribution in [0.2, 0.25) is 0 Å². The van der Waals surface area contributed by atoms with Gasteiger partial charge >= 0.3 is 6.03 Å². The van der Waals surface area contributed by atoms with Crippen LogP contribution in [-0.4, -0.2) is 56.8 Å². The molecule has 1 unspecified atom stereocenters. The summed E-state index contributed by atoms with van der Waals surface area (Å²) < 4.78 is 15.2. The van der Waals surface area contributed by atoms with Crippen LogP contribution in [0.15, 0.2) is 48.5 Å². The molecule has 2 N–H and O–H groups in total. The Hall–Kier alpha value is -3.72. The fraction of sp³-hybridized carbons (Fsp3) is 0.320. The van der Waals surface area contributed by atoms with Crippen LogP contribution in [-0.2, 0) is 25.1 Å². The van der Waals surface area contributed by atoms with Gasteiger partial charge in [0, 0.05) is 31.3 Å². The van der Waals surface area contributed by atoms with Crippen LogP contribution in [0.3, 0.4) is 0 Å². The number of nitrogens with zero attached hydrogens (tertiary/aromatic N) is 4. The number of carbonyl (C=O) groups excluding carboxylic acids is 2. The molecule has 0 radical (unpaired) electrons. The molecule has 0 fully saturated rings. The highest BCUT2D eigenvalue weighted by molar-refractivity contribution is 5.95. The molecule has 0 saturated heterocycles. The zero-order valence-corrected chi connectivity index (χ0v) is 19.1. The van der Waals surface area contributed by atoms with Crippen LogP contribution in [0.5, 0.6) is 0 Å². The van der Waals surface area contributed by atoms with Gasteiger partial charge in [0.05, 0.1) is 25.3 Å². The average Bonchev–Trinajstić information content (AvgIpc) is 3.13. The largest absolute Gasteiger partial charge is 0.381 e. The summed E-state index contributed by atoms with van der Waals surface area (Å²) in [6.45, 7) is 2.56. The summed E-state index contributed by atoms with van der Waals surface area (Å²) in [4.78, 5) is 29.4. The van der Waals surface area contributed by atoms with Crippen molar-refractivity contribution in [3.63, 3.8) is 0 Å². The Kier molecular flexibility index (Phi) is 5.36. The molecule has 2 aliphatic heterocycles. The number of anilines is 1. The lowest BCUT2D eigenvalue weighted by molar-refractivity contribution is -0.00312. The number of halogens is 1. The van der Waals surface area contributed by atoms with E-state index in [0.717, 1.165) is 5.69 Å². The number of hydrogen-bond donors (Lipinski definition) is 2. The number of carbonyl (C=O) groups is 2. The number of nitrogens with one attached hydrogen (secondary N) is 1. The average molecular weight is 464 g/mol. The molecule has 3 amide bonds. The minimum absolute atomic E-state index is 0.127. The van der Waals surface area contributed by atoms with Crippen molar-refractivity contribution in [2.24, 2.45) is 0 Å². The van der Waals surface area contributed by atoms with E-state index in [2.05, 4.69) is 10.4 Å². The Balaban J connectivity index is 1.43. The van der Waals surface area contributed by atoms with Crippen molar-refractivity contribution in [1.82, 2.24) is 19.6 Å².